The van der Waals surface area contributed by atoms with E-state index in [4.69, 9.17) is 10.2 Å². The summed E-state index contributed by atoms with van der Waals surface area (Å²) in [6.07, 6.45) is 4.22. The highest BCUT2D eigenvalue weighted by atomic mass is 16.3. The van der Waals surface area contributed by atoms with E-state index < -0.39 is 0 Å². The van der Waals surface area contributed by atoms with Gasteiger partial charge in [0.25, 0.3) is 0 Å². The van der Waals surface area contributed by atoms with Crippen LogP contribution in [-0.4, -0.2) is 34.5 Å². The predicted molar refractivity (Wildman–Crippen MR) is 98.0 cm³/mol. The number of hydrogen-bond acceptors (Lipinski definition) is 7. The molecule has 0 fully saturated rings. The molecule has 5 rings (SSSR count). The number of benzene rings is 1. The van der Waals surface area contributed by atoms with Gasteiger partial charge in [0.05, 0.1) is 11.6 Å². The van der Waals surface area contributed by atoms with Crippen LogP contribution in [0.5, 0.6) is 5.75 Å². The van der Waals surface area contributed by atoms with Crippen LogP contribution in [-0.2, 0) is 13.0 Å². The molecule has 9 nitrogen and oxygen atoms in total. The Labute approximate surface area is 152 Å². The molecule has 0 unspecified atom stereocenters. The zero-order valence-corrected chi connectivity index (χ0v) is 14.1. The quantitative estimate of drug-likeness (QED) is 0.504. The standard InChI is InChI=1S/C18H15N7O2/c19-18-21-15-13(17-20-16(23-25(17)18)14-2-1-9-27-14)10-24(22-15)8-7-11-3-5-12(26)6-4-11/h1-6,9-10,26H,7-8H2,(H2,19,21,22). The molecule has 0 saturated carbocycles. The zero-order valence-electron chi connectivity index (χ0n) is 14.1. The van der Waals surface area contributed by atoms with Crippen LogP contribution in [0.1, 0.15) is 5.56 Å². The molecule has 4 aromatic heterocycles. The van der Waals surface area contributed by atoms with E-state index in [2.05, 4.69) is 20.2 Å². The maximum absolute atomic E-state index is 9.37. The number of nitrogens with two attached hydrogens (primary N) is 1. The molecule has 0 aliphatic rings. The lowest BCUT2D eigenvalue weighted by molar-refractivity contribution is 0.475. The van der Waals surface area contributed by atoms with Crippen LogP contribution < -0.4 is 5.73 Å². The molecule has 5 aromatic rings. The maximum Gasteiger partial charge on any atom is 0.225 e. The third kappa shape index (κ3) is 2.65. The summed E-state index contributed by atoms with van der Waals surface area (Å²) in [4.78, 5) is 8.87. The van der Waals surface area contributed by atoms with Gasteiger partial charge in [-0.25, -0.2) is 4.98 Å². The third-order valence-electron chi connectivity index (χ3n) is 4.34. The third-order valence-corrected chi connectivity index (χ3v) is 4.34. The van der Waals surface area contributed by atoms with Gasteiger partial charge in [-0.15, -0.1) is 5.10 Å². The predicted octanol–water partition coefficient (Wildman–Crippen LogP) is 2.26. The van der Waals surface area contributed by atoms with Crippen molar-refractivity contribution < 1.29 is 9.52 Å². The van der Waals surface area contributed by atoms with Gasteiger partial charge in [-0.1, -0.05) is 12.1 Å². The topological polar surface area (TPSA) is 120 Å². The molecule has 0 atom stereocenters. The van der Waals surface area contributed by atoms with Crippen LogP contribution in [0, 0.1) is 0 Å². The number of rotatable bonds is 4. The minimum absolute atomic E-state index is 0.214. The van der Waals surface area contributed by atoms with Crippen molar-refractivity contribution in [1.29, 1.82) is 0 Å². The van der Waals surface area contributed by atoms with Crippen LogP contribution in [0.3, 0.4) is 0 Å². The molecule has 0 amide bonds. The number of anilines is 1. The van der Waals surface area contributed by atoms with Crippen LogP contribution in [0.25, 0.3) is 28.3 Å². The van der Waals surface area contributed by atoms with E-state index in [-0.39, 0.29) is 11.7 Å². The SMILES string of the molecule is Nc1nc2nn(CCc3ccc(O)cc3)cc2c2nc(-c3ccco3)nn12. The van der Waals surface area contributed by atoms with Crippen LogP contribution in [0.4, 0.5) is 5.95 Å². The fraction of sp³-hybridized carbons (Fsp3) is 0.111. The maximum atomic E-state index is 9.37. The van der Waals surface area contributed by atoms with E-state index in [0.29, 0.717) is 29.4 Å². The van der Waals surface area contributed by atoms with E-state index in [1.54, 1.807) is 30.5 Å². The number of furan rings is 1. The van der Waals surface area contributed by atoms with Gasteiger partial charge in [-0.2, -0.15) is 14.6 Å². The van der Waals surface area contributed by atoms with Gasteiger partial charge in [0.15, 0.2) is 17.1 Å². The lowest BCUT2D eigenvalue weighted by atomic mass is 10.1. The molecule has 134 valence electrons. The molecular weight excluding hydrogens is 346 g/mol. The fourth-order valence-electron chi connectivity index (χ4n) is 2.98. The Kier molecular flexibility index (Phi) is 3.32. The van der Waals surface area contributed by atoms with Gasteiger partial charge in [0.2, 0.25) is 11.8 Å². The first-order valence-corrected chi connectivity index (χ1v) is 8.38. The van der Waals surface area contributed by atoms with Gasteiger partial charge >= 0.3 is 0 Å². The molecule has 4 heterocycles. The first-order valence-electron chi connectivity index (χ1n) is 8.38. The number of hydrogen-bond donors (Lipinski definition) is 2. The average Bonchev–Trinajstić information content (AvgIpc) is 3.39. The van der Waals surface area contributed by atoms with Gasteiger partial charge < -0.3 is 15.3 Å². The summed E-state index contributed by atoms with van der Waals surface area (Å²) >= 11 is 0. The number of phenols is 1. The number of aromatic nitrogens is 6. The Morgan fingerprint density at radius 2 is 1.93 bits per heavy atom. The largest absolute Gasteiger partial charge is 0.508 e. The van der Waals surface area contributed by atoms with E-state index in [1.807, 2.05) is 23.0 Å². The highest BCUT2D eigenvalue weighted by molar-refractivity contribution is 5.90. The van der Waals surface area contributed by atoms with E-state index in [1.165, 1.54) is 4.52 Å². The van der Waals surface area contributed by atoms with Gasteiger partial charge in [-0.05, 0) is 36.2 Å². The summed E-state index contributed by atoms with van der Waals surface area (Å²) in [6, 6.07) is 10.7. The second-order valence-corrected chi connectivity index (χ2v) is 6.16. The first-order chi connectivity index (χ1) is 13.2. The van der Waals surface area contributed by atoms with Gasteiger partial charge in [-0.3, -0.25) is 4.68 Å². The van der Waals surface area contributed by atoms with Crippen molar-refractivity contribution in [3.05, 3.63) is 54.4 Å². The average molecular weight is 361 g/mol. The van der Waals surface area contributed by atoms with Crippen LogP contribution in [0.2, 0.25) is 0 Å². The molecule has 3 N–H and O–H groups in total. The molecular formula is C18H15N7O2. The molecule has 0 radical (unpaired) electrons. The van der Waals surface area contributed by atoms with Crippen molar-refractivity contribution >= 4 is 22.6 Å². The van der Waals surface area contributed by atoms with Crippen LogP contribution >= 0.6 is 0 Å². The number of aryl methyl sites for hydroxylation is 2. The van der Waals surface area contributed by atoms with Crippen molar-refractivity contribution in [2.45, 2.75) is 13.0 Å². The molecule has 27 heavy (non-hydrogen) atoms. The first kappa shape index (κ1) is 15.4. The Morgan fingerprint density at radius 3 is 2.70 bits per heavy atom. The normalized spacial score (nSPS) is 11.6. The lowest BCUT2D eigenvalue weighted by Gasteiger charge is -2.01. The number of aromatic hydroxyl groups is 1. The summed E-state index contributed by atoms with van der Waals surface area (Å²) < 4.78 is 8.67. The second-order valence-electron chi connectivity index (χ2n) is 6.16. The Morgan fingerprint density at radius 1 is 1.07 bits per heavy atom. The summed E-state index contributed by atoms with van der Waals surface area (Å²) in [5.74, 6) is 1.47. The summed E-state index contributed by atoms with van der Waals surface area (Å²) in [5.41, 5.74) is 8.23. The van der Waals surface area contributed by atoms with E-state index in [0.717, 1.165) is 17.4 Å². The monoisotopic (exact) mass is 361 g/mol. The fourth-order valence-corrected chi connectivity index (χ4v) is 2.98. The minimum Gasteiger partial charge on any atom is -0.508 e. The minimum atomic E-state index is 0.214. The van der Waals surface area contributed by atoms with Crippen molar-refractivity contribution in [2.75, 3.05) is 5.73 Å². The number of phenolic OH excluding ortho intramolecular Hbond substituents is 1. The highest BCUT2D eigenvalue weighted by Crippen LogP contribution is 2.23. The Hall–Kier alpha value is -3.88. The smallest absolute Gasteiger partial charge is 0.225 e. The van der Waals surface area contributed by atoms with Gasteiger partial charge in [0.1, 0.15) is 5.75 Å². The van der Waals surface area contributed by atoms with Crippen molar-refractivity contribution in [3.8, 4) is 17.3 Å². The van der Waals surface area contributed by atoms with E-state index >= 15 is 0 Å². The zero-order chi connectivity index (χ0) is 18.4. The van der Waals surface area contributed by atoms with Crippen molar-refractivity contribution in [3.63, 3.8) is 0 Å². The molecule has 0 aliphatic carbocycles. The van der Waals surface area contributed by atoms with Crippen molar-refractivity contribution in [1.82, 2.24) is 29.4 Å². The highest BCUT2D eigenvalue weighted by Gasteiger charge is 2.16. The molecule has 0 bridgehead atoms. The van der Waals surface area contributed by atoms with Gasteiger partial charge in [0, 0.05) is 12.7 Å². The summed E-state index contributed by atoms with van der Waals surface area (Å²) in [7, 11) is 0. The molecule has 0 saturated heterocycles. The Bertz CT molecular complexity index is 1240. The second kappa shape index (κ2) is 5.84. The number of nitrogens with zero attached hydrogens (tertiary/aromatic N) is 6. The van der Waals surface area contributed by atoms with Crippen LogP contribution in [0.15, 0.2) is 53.3 Å². The summed E-state index contributed by atoms with van der Waals surface area (Å²) in [6.45, 7) is 0.659. The van der Waals surface area contributed by atoms with Crippen molar-refractivity contribution in [2.24, 2.45) is 0 Å². The number of nitrogen functional groups attached to an aromatic ring is 1. The Balaban J connectivity index is 1.52. The van der Waals surface area contributed by atoms with E-state index in [9.17, 15) is 5.11 Å². The summed E-state index contributed by atoms with van der Waals surface area (Å²) in [5, 5.41) is 19.0. The molecule has 9 heteroatoms. The molecule has 0 spiro atoms. The lowest BCUT2D eigenvalue weighted by Crippen LogP contribution is -2.03. The number of fused-ring (bicyclic) bond motifs is 3. The molecule has 1 aromatic carbocycles. The molecule has 0 aliphatic heterocycles.